The number of rotatable bonds is 4. The first-order chi connectivity index (χ1) is 9.74. The maximum atomic E-state index is 12.2. The predicted molar refractivity (Wildman–Crippen MR) is 83.1 cm³/mol. The van der Waals surface area contributed by atoms with E-state index in [0.717, 1.165) is 28.1 Å². The molecule has 0 aliphatic heterocycles. The topological polar surface area (TPSA) is 54.9 Å². The lowest BCUT2D eigenvalue weighted by atomic mass is 10.2. The quantitative estimate of drug-likeness (QED) is 0.696. The van der Waals surface area contributed by atoms with Crippen LogP contribution in [0, 0.1) is 0 Å². The highest BCUT2D eigenvalue weighted by atomic mass is 32.2. The van der Waals surface area contributed by atoms with Crippen molar-refractivity contribution in [3.63, 3.8) is 0 Å². The molecule has 0 aromatic carbocycles. The van der Waals surface area contributed by atoms with Gasteiger partial charge in [0.05, 0.1) is 15.5 Å². The van der Waals surface area contributed by atoms with E-state index in [2.05, 4.69) is 15.3 Å². The Morgan fingerprint density at radius 3 is 3.05 bits per heavy atom. The smallest absolute Gasteiger partial charge is 0.233 e. The van der Waals surface area contributed by atoms with E-state index in [4.69, 9.17) is 0 Å². The Kier molecular flexibility index (Phi) is 4.21. The van der Waals surface area contributed by atoms with Crippen molar-refractivity contribution in [3.8, 4) is 0 Å². The molecule has 106 valence electrons. The van der Waals surface area contributed by atoms with Gasteiger partial charge >= 0.3 is 0 Å². The van der Waals surface area contributed by atoms with Crippen LogP contribution < -0.4 is 5.32 Å². The van der Waals surface area contributed by atoms with Crippen molar-refractivity contribution in [2.75, 3.05) is 0 Å². The van der Waals surface area contributed by atoms with Gasteiger partial charge in [-0.25, -0.2) is 9.97 Å². The van der Waals surface area contributed by atoms with Gasteiger partial charge in [-0.05, 0) is 31.2 Å². The summed E-state index contributed by atoms with van der Waals surface area (Å²) in [6, 6.07) is 2.35. The van der Waals surface area contributed by atoms with Crippen molar-refractivity contribution in [1.82, 2.24) is 15.3 Å². The molecule has 1 N–H and O–H groups in total. The van der Waals surface area contributed by atoms with E-state index < -0.39 is 0 Å². The van der Waals surface area contributed by atoms with E-state index in [1.807, 2.05) is 18.4 Å². The van der Waals surface area contributed by atoms with Gasteiger partial charge in [-0.15, -0.1) is 11.3 Å². The number of hydrogen-bond acceptors (Lipinski definition) is 5. The second kappa shape index (κ2) is 6.10. The first-order valence-electron chi connectivity index (χ1n) is 6.89. The van der Waals surface area contributed by atoms with Gasteiger partial charge in [0.2, 0.25) is 5.91 Å². The second-order valence-corrected chi connectivity index (χ2v) is 7.31. The Hall–Kier alpha value is -1.14. The largest absolute Gasteiger partial charge is 0.352 e. The molecule has 0 saturated heterocycles. The first-order valence-corrected chi connectivity index (χ1v) is 8.65. The Morgan fingerprint density at radius 1 is 1.45 bits per heavy atom. The summed E-state index contributed by atoms with van der Waals surface area (Å²) in [5, 5.41) is 5.92. The molecule has 2 aromatic rings. The van der Waals surface area contributed by atoms with E-state index in [1.54, 1.807) is 17.7 Å². The molecule has 2 heterocycles. The highest BCUT2D eigenvalue weighted by Gasteiger charge is 2.22. The van der Waals surface area contributed by atoms with Crippen molar-refractivity contribution < 1.29 is 4.79 Å². The zero-order chi connectivity index (χ0) is 13.9. The SMILES string of the molecule is C[C@H](Sc1ncnc2ccsc12)C(=O)NC1CCCC1. The summed E-state index contributed by atoms with van der Waals surface area (Å²) < 4.78 is 1.07. The van der Waals surface area contributed by atoms with E-state index in [9.17, 15) is 4.79 Å². The fraction of sp³-hybridized carbons (Fsp3) is 0.500. The molecule has 1 amide bonds. The van der Waals surface area contributed by atoms with Crippen LogP contribution in [0.25, 0.3) is 10.2 Å². The molecule has 0 bridgehead atoms. The number of thiophene rings is 1. The third kappa shape index (κ3) is 2.96. The average molecular weight is 307 g/mol. The monoisotopic (exact) mass is 307 g/mol. The van der Waals surface area contributed by atoms with Gasteiger partial charge in [-0.3, -0.25) is 4.79 Å². The van der Waals surface area contributed by atoms with Gasteiger partial charge in [-0.1, -0.05) is 24.6 Å². The predicted octanol–water partition coefficient (Wildman–Crippen LogP) is 3.23. The highest BCUT2D eigenvalue weighted by molar-refractivity contribution is 8.00. The zero-order valence-electron chi connectivity index (χ0n) is 11.3. The van der Waals surface area contributed by atoms with Gasteiger partial charge < -0.3 is 5.32 Å². The Morgan fingerprint density at radius 2 is 2.25 bits per heavy atom. The molecular formula is C14H17N3OS2. The Balaban J connectivity index is 1.67. The van der Waals surface area contributed by atoms with Gasteiger partial charge in [0.25, 0.3) is 0 Å². The van der Waals surface area contributed by atoms with Crippen LogP contribution in [-0.4, -0.2) is 27.2 Å². The third-order valence-corrected chi connectivity index (χ3v) is 5.71. The normalized spacial score (nSPS) is 17.4. The van der Waals surface area contributed by atoms with Crippen molar-refractivity contribution in [1.29, 1.82) is 0 Å². The molecule has 20 heavy (non-hydrogen) atoms. The van der Waals surface area contributed by atoms with E-state index >= 15 is 0 Å². The molecule has 0 unspecified atom stereocenters. The Labute approximate surface area is 126 Å². The molecule has 1 saturated carbocycles. The first kappa shape index (κ1) is 13.8. The van der Waals surface area contributed by atoms with Crippen molar-refractivity contribution in [3.05, 3.63) is 17.8 Å². The van der Waals surface area contributed by atoms with Crippen LogP contribution in [0.1, 0.15) is 32.6 Å². The molecule has 1 atom stereocenters. The summed E-state index contributed by atoms with van der Waals surface area (Å²) in [5.41, 5.74) is 0.955. The number of carbonyl (C=O) groups excluding carboxylic acids is 1. The van der Waals surface area contributed by atoms with Gasteiger partial charge in [0.15, 0.2) is 0 Å². The zero-order valence-corrected chi connectivity index (χ0v) is 13.0. The average Bonchev–Trinajstić information content (AvgIpc) is 3.09. The highest BCUT2D eigenvalue weighted by Crippen LogP contribution is 2.31. The summed E-state index contributed by atoms with van der Waals surface area (Å²) >= 11 is 3.14. The van der Waals surface area contributed by atoms with Crippen LogP contribution in [0.5, 0.6) is 0 Å². The minimum atomic E-state index is -0.129. The number of aromatic nitrogens is 2. The number of nitrogens with one attached hydrogen (secondary N) is 1. The standard InChI is InChI=1S/C14H17N3OS2/c1-9(13(18)17-10-4-2-3-5-10)20-14-12-11(6-7-19-12)15-8-16-14/h6-10H,2-5H2,1H3,(H,17,18)/t9-/m0/s1. The van der Waals surface area contributed by atoms with Crippen LogP contribution in [0.2, 0.25) is 0 Å². The fourth-order valence-electron chi connectivity index (χ4n) is 2.46. The Bertz CT molecular complexity index is 607. The van der Waals surface area contributed by atoms with Gasteiger partial charge in [0, 0.05) is 6.04 Å². The van der Waals surface area contributed by atoms with E-state index in [-0.39, 0.29) is 11.2 Å². The number of amides is 1. The number of fused-ring (bicyclic) bond motifs is 1. The van der Waals surface area contributed by atoms with Crippen molar-refractivity contribution in [2.45, 2.75) is 48.9 Å². The van der Waals surface area contributed by atoms with Gasteiger partial charge in [0.1, 0.15) is 11.4 Å². The van der Waals surface area contributed by atoms with Crippen LogP contribution in [0.4, 0.5) is 0 Å². The molecule has 1 aliphatic rings. The van der Waals surface area contributed by atoms with Crippen LogP contribution in [0.3, 0.4) is 0 Å². The number of carbonyl (C=O) groups is 1. The van der Waals surface area contributed by atoms with Crippen LogP contribution in [0.15, 0.2) is 22.8 Å². The molecule has 1 aliphatic carbocycles. The maximum Gasteiger partial charge on any atom is 0.233 e. The molecule has 3 rings (SSSR count). The van der Waals surface area contributed by atoms with E-state index in [0.29, 0.717) is 6.04 Å². The number of nitrogens with zero attached hydrogens (tertiary/aromatic N) is 2. The fourth-order valence-corrected chi connectivity index (χ4v) is 4.31. The lowest BCUT2D eigenvalue weighted by molar-refractivity contribution is -0.120. The third-order valence-electron chi connectivity index (χ3n) is 3.57. The van der Waals surface area contributed by atoms with Crippen LogP contribution >= 0.6 is 23.1 Å². The molecule has 0 spiro atoms. The van der Waals surface area contributed by atoms with Crippen LogP contribution in [-0.2, 0) is 4.79 Å². The number of hydrogen-bond donors (Lipinski definition) is 1. The molecule has 6 heteroatoms. The summed E-state index contributed by atoms with van der Waals surface area (Å²) in [4.78, 5) is 20.7. The summed E-state index contributed by atoms with van der Waals surface area (Å²) in [6.45, 7) is 1.94. The van der Waals surface area contributed by atoms with Crippen molar-refractivity contribution >= 4 is 39.2 Å². The minimum absolute atomic E-state index is 0.116. The lowest BCUT2D eigenvalue weighted by Crippen LogP contribution is -2.37. The molecule has 0 radical (unpaired) electrons. The molecule has 2 aromatic heterocycles. The molecule has 4 nitrogen and oxygen atoms in total. The minimum Gasteiger partial charge on any atom is -0.352 e. The number of thioether (sulfide) groups is 1. The van der Waals surface area contributed by atoms with Crippen molar-refractivity contribution in [2.24, 2.45) is 0 Å². The second-order valence-electron chi connectivity index (χ2n) is 5.06. The lowest BCUT2D eigenvalue weighted by Gasteiger charge is -2.16. The van der Waals surface area contributed by atoms with Gasteiger partial charge in [-0.2, -0.15) is 0 Å². The summed E-state index contributed by atoms with van der Waals surface area (Å²) in [6.07, 6.45) is 6.26. The molecule has 1 fully saturated rings. The maximum absolute atomic E-state index is 12.2. The summed E-state index contributed by atoms with van der Waals surface area (Å²) in [5.74, 6) is 0.116. The molecular weight excluding hydrogens is 290 g/mol. The summed E-state index contributed by atoms with van der Waals surface area (Å²) in [7, 11) is 0. The van der Waals surface area contributed by atoms with E-state index in [1.165, 1.54) is 24.6 Å².